The third-order valence-electron chi connectivity index (χ3n) is 2.43. The van der Waals surface area contributed by atoms with Gasteiger partial charge in [-0.3, -0.25) is 0 Å². The Bertz CT molecular complexity index is 354. The molecule has 1 aromatic carbocycles. The van der Waals surface area contributed by atoms with Crippen molar-refractivity contribution in [3.8, 4) is 5.75 Å². The lowest BCUT2D eigenvalue weighted by Gasteiger charge is -2.22. The van der Waals surface area contributed by atoms with Crippen LogP contribution < -0.4 is 10.1 Å². The molecule has 1 unspecified atom stereocenters. The van der Waals surface area contributed by atoms with Crippen molar-refractivity contribution in [1.29, 1.82) is 0 Å². The topological polar surface area (TPSA) is 21.3 Å². The highest BCUT2D eigenvalue weighted by Crippen LogP contribution is 2.21. The predicted octanol–water partition coefficient (Wildman–Crippen LogP) is 3.87. The second kappa shape index (κ2) is 6.19. The van der Waals surface area contributed by atoms with Crippen LogP contribution in [0.2, 0.25) is 0 Å². The van der Waals surface area contributed by atoms with Gasteiger partial charge in [0.05, 0.1) is 6.10 Å². The van der Waals surface area contributed by atoms with Crippen molar-refractivity contribution in [3.63, 3.8) is 0 Å². The van der Waals surface area contributed by atoms with E-state index in [1.165, 1.54) is 0 Å². The zero-order chi connectivity index (χ0) is 13.8. The monoisotopic (exact) mass is 253 g/mol. The first-order chi connectivity index (χ1) is 8.28. The number of hydrogen-bond acceptors (Lipinski definition) is 2. The van der Waals surface area contributed by atoms with Gasteiger partial charge in [0.25, 0.3) is 0 Å². The number of rotatable bonds is 5. The van der Waals surface area contributed by atoms with Crippen molar-refractivity contribution in [2.45, 2.75) is 52.4 Å². The van der Waals surface area contributed by atoms with Crippen LogP contribution in [0.5, 0.6) is 5.75 Å². The highest BCUT2D eigenvalue weighted by Gasteiger charge is 2.15. The minimum atomic E-state index is -0.989. The van der Waals surface area contributed by atoms with E-state index in [1.807, 2.05) is 46.8 Å². The van der Waals surface area contributed by atoms with Gasteiger partial charge in [0.2, 0.25) is 0 Å². The Kier molecular flexibility index (Phi) is 5.15. The van der Waals surface area contributed by atoms with Gasteiger partial charge in [-0.05, 0) is 52.3 Å². The van der Waals surface area contributed by atoms with Crippen LogP contribution in [0.25, 0.3) is 0 Å². The van der Waals surface area contributed by atoms with E-state index in [1.54, 1.807) is 12.1 Å². The molecule has 0 aliphatic carbocycles. The Labute approximate surface area is 110 Å². The lowest BCUT2D eigenvalue weighted by atomic mass is 10.1. The summed E-state index contributed by atoms with van der Waals surface area (Å²) in [5, 5.41) is 3.16. The van der Waals surface area contributed by atoms with Crippen LogP contribution in [0.1, 0.15) is 46.4 Å². The Balaban J connectivity index is 2.56. The number of alkyl halides is 1. The highest BCUT2D eigenvalue weighted by molar-refractivity contribution is 5.28. The molecule has 0 heterocycles. The molecule has 18 heavy (non-hydrogen) atoms. The Hall–Kier alpha value is -1.09. The maximum absolute atomic E-state index is 14.0. The van der Waals surface area contributed by atoms with Gasteiger partial charge in [0, 0.05) is 12.1 Å². The predicted molar refractivity (Wildman–Crippen MR) is 73.8 cm³/mol. The van der Waals surface area contributed by atoms with Gasteiger partial charge in [0.15, 0.2) is 0 Å². The van der Waals surface area contributed by atoms with E-state index in [9.17, 15) is 4.39 Å². The van der Waals surface area contributed by atoms with E-state index in [2.05, 4.69) is 5.32 Å². The standard InChI is InChI=1S/C15H24FNO/c1-11(2)18-13-8-6-12(7-9-13)14(16)10-17-15(3,4)5/h6-9,11,14,17H,10H2,1-5H3. The van der Waals surface area contributed by atoms with E-state index in [0.717, 1.165) is 5.75 Å². The van der Waals surface area contributed by atoms with Crippen LogP contribution >= 0.6 is 0 Å². The summed E-state index contributed by atoms with van der Waals surface area (Å²) in [6, 6.07) is 7.21. The van der Waals surface area contributed by atoms with E-state index in [-0.39, 0.29) is 11.6 Å². The summed E-state index contributed by atoms with van der Waals surface area (Å²) in [4.78, 5) is 0. The zero-order valence-corrected chi connectivity index (χ0v) is 12.0. The van der Waals surface area contributed by atoms with E-state index in [4.69, 9.17) is 4.74 Å². The van der Waals surface area contributed by atoms with Crippen molar-refractivity contribution in [1.82, 2.24) is 5.32 Å². The first-order valence-electron chi connectivity index (χ1n) is 6.43. The maximum Gasteiger partial charge on any atom is 0.138 e. The molecule has 0 amide bonds. The van der Waals surface area contributed by atoms with E-state index < -0.39 is 6.17 Å². The molecule has 0 fully saturated rings. The van der Waals surface area contributed by atoms with Crippen molar-refractivity contribution >= 4 is 0 Å². The number of hydrogen-bond donors (Lipinski definition) is 1. The number of benzene rings is 1. The number of ether oxygens (including phenoxy) is 1. The quantitative estimate of drug-likeness (QED) is 0.860. The molecule has 0 saturated carbocycles. The number of halogens is 1. The van der Waals surface area contributed by atoms with Gasteiger partial charge in [-0.15, -0.1) is 0 Å². The molecule has 0 bridgehead atoms. The van der Waals surface area contributed by atoms with E-state index in [0.29, 0.717) is 12.1 Å². The normalized spacial score (nSPS) is 13.7. The largest absolute Gasteiger partial charge is 0.491 e. The molecule has 0 aromatic heterocycles. The average Bonchev–Trinajstić information content (AvgIpc) is 2.25. The molecule has 1 N–H and O–H groups in total. The average molecular weight is 253 g/mol. The molecule has 0 spiro atoms. The highest BCUT2D eigenvalue weighted by atomic mass is 19.1. The lowest BCUT2D eigenvalue weighted by molar-refractivity contribution is 0.242. The molecule has 102 valence electrons. The summed E-state index contributed by atoms with van der Waals surface area (Å²) < 4.78 is 19.5. The number of nitrogens with one attached hydrogen (secondary N) is 1. The first kappa shape index (κ1) is 15.0. The summed E-state index contributed by atoms with van der Waals surface area (Å²) in [7, 11) is 0. The summed E-state index contributed by atoms with van der Waals surface area (Å²) in [6.07, 6.45) is -0.850. The van der Waals surface area contributed by atoms with Crippen molar-refractivity contribution < 1.29 is 9.13 Å². The van der Waals surface area contributed by atoms with Gasteiger partial charge >= 0.3 is 0 Å². The molecule has 3 heteroatoms. The Morgan fingerprint density at radius 1 is 1.17 bits per heavy atom. The maximum atomic E-state index is 14.0. The van der Waals surface area contributed by atoms with Gasteiger partial charge in [0.1, 0.15) is 11.9 Å². The fraction of sp³-hybridized carbons (Fsp3) is 0.600. The zero-order valence-electron chi connectivity index (χ0n) is 12.0. The minimum absolute atomic E-state index is 0.0644. The van der Waals surface area contributed by atoms with Crippen LogP contribution in [-0.4, -0.2) is 18.2 Å². The third kappa shape index (κ3) is 5.50. The molecule has 1 aromatic rings. The molecule has 0 aliphatic rings. The summed E-state index contributed by atoms with van der Waals surface area (Å²) in [5.41, 5.74) is 0.619. The smallest absolute Gasteiger partial charge is 0.138 e. The molecule has 1 rings (SSSR count). The van der Waals surface area contributed by atoms with Crippen LogP contribution in [0.15, 0.2) is 24.3 Å². The molecule has 2 nitrogen and oxygen atoms in total. The van der Waals surface area contributed by atoms with Gasteiger partial charge in [-0.25, -0.2) is 4.39 Å². The molecule has 0 saturated heterocycles. The van der Waals surface area contributed by atoms with Crippen LogP contribution in [0.4, 0.5) is 4.39 Å². The van der Waals surface area contributed by atoms with Crippen LogP contribution in [0, 0.1) is 0 Å². The second-order valence-corrected chi connectivity index (χ2v) is 5.83. The molecule has 1 atom stereocenters. The van der Waals surface area contributed by atoms with Gasteiger partial charge in [-0.2, -0.15) is 0 Å². The Morgan fingerprint density at radius 3 is 2.17 bits per heavy atom. The molecule has 0 aliphatic heterocycles. The van der Waals surface area contributed by atoms with Gasteiger partial charge in [-0.1, -0.05) is 12.1 Å². The summed E-state index contributed by atoms with van der Waals surface area (Å²) in [5.74, 6) is 0.782. The lowest BCUT2D eigenvalue weighted by Crippen LogP contribution is -2.37. The third-order valence-corrected chi connectivity index (χ3v) is 2.43. The second-order valence-electron chi connectivity index (χ2n) is 5.83. The van der Waals surface area contributed by atoms with Crippen molar-refractivity contribution in [2.24, 2.45) is 0 Å². The van der Waals surface area contributed by atoms with Crippen molar-refractivity contribution in [2.75, 3.05) is 6.54 Å². The first-order valence-corrected chi connectivity index (χ1v) is 6.43. The molecular weight excluding hydrogens is 229 g/mol. The van der Waals surface area contributed by atoms with Crippen LogP contribution in [-0.2, 0) is 0 Å². The minimum Gasteiger partial charge on any atom is -0.491 e. The summed E-state index contributed by atoms with van der Waals surface area (Å²) in [6.45, 7) is 10.4. The Morgan fingerprint density at radius 2 is 1.72 bits per heavy atom. The van der Waals surface area contributed by atoms with E-state index >= 15 is 0 Å². The van der Waals surface area contributed by atoms with Crippen molar-refractivity contribution in [3.05, 3.63) is 29.8 Å². The fourth-order valence-electron chi connectivity index (χ4n) is 1.54. The fourth-order valence-corrected chi connectivity index (χ4v) is 1.54. The molecular formula is C15H24FNO. The van der Waals surface area contributed by atoms with Crippen LogP contribution in [0.3, 0.4) is 0 Å². The SMILES string of the molecule is CC(C)Oc1ccc(C(F)CNC(C)(C)C)cc1. The molecule has 0 radical (unpaired) electrons. The van der Waals surface area contributed by atoms with Gasteiger partial charge < -0.3 is 10.1 Å². The summed E-state index contributed by atoms with van der Waals surface area (Å²) >= 11 is 0.